The smallest absolute Gasteiger partial charge is 0.308 e. The highest BCUT2D eigenvalue weighted by atomic mass is 16.5. The van der Waals surface area contributed by atoms with Crippen molar-refractivity contribution in [3.8, 4) is 0 Å². The highest BCUT2D eigenvalue weighted by molar-refractivity contribution is 5.71. The Bertz CT molecular complexity index is 337. The van der Waals surface area contributed by atoms with Gasteiger partial charge in [0.05, 0.1) is 31.8 Å². The first-order valence-electron chi connectivity index (χ1n) is 6.66. The second-order valence-electron chi connectivity index (χ2n) is 5.73. The van der Waals surface area contributed by atoms with Gasteiger partial charge in [0, 0.05) is 6.42 Å². The molecule has 1 heterocycles. The number of hydrogen-bond donors (Lipinski definition) is 0. The summed E-state index contributed by atoms with van der Waals surface area (Å²) in [5.41, 5.74) is -0.884. The van der Waals surface area contributed by atoms with Crippen LogP contribution in [0.4, 0.5) is 0 Å². The molecule has 1 fully saturated rings. The van der Waals surface area contributed by atoms with Crippen LogP contribution in [-0.4, -0.2) is 37.4 Å². The van der Waals surface area contributed by atoms with Crippen LogP contribution < -0.4 is 0 Å². The Morgan fingerprint density at radius 2 is 1.74 bits per heavy atom. The third kappa shape index (κ3) is 4.82. The number of esters is 2. The minimum atomic E-state index is -0.608. The van der Waals surface area contributed by atoms with Gasteiger partial charge in [-0.3, -0.25) is 9.59 Å². The monoisotopic (exact) mass is 272 g/mol. The first kappa shape index (κ1) is 16.0. The minimum Gasteiger partial charge on any atom is -0.469 e. The molecule has 1 atom stereocenters. The molecule has 0 bridgehead atoms. The van der Waals surface area contributed by atoms with Gasteiger partial charge in [0.1, 0.15) is 0 Å². The molecule has 0 aromatic rings. The summed E-state index contributed by atoms with van der Waals surface area (Å²) in [7, 11) is 2.73. The number of methoxy groups -OCH3 is 2. The Balaban J connectivity index is 2.77. The lowest BCUT2D eigenvalue weighted by Crippen LogP contribution is -2.47. The molecule has 0 N–H and O–H groups in total. The molecule has 0 amide bonds. The molecule has 19 heavy (non-hydrogen) atoms. The Kier molecular flexibility index (Phi) is 5.35. The second-order valence-corrected chi connectivity index (χ2v) is 5.73. The van der Waals surface area contributed by atoms with E-state index in [4.69, 9.17) is 9.47 Å². The quantitative estimate of drug-likeness (QED) is 0.718. The number of ether oxygens (including phenoxy) is 3. The molecule has 0 aromatic carbocycles. The molecule has 0 aromatic heterocycles. The normalized spacial score (nSPS) is 25.7. The molecule has 0 aliphatic carbocycles. The molecule has 0 saturated carbocycles. The van der Waals surface area contributed by atoms with Gasteiger partial charge in [-0.15, -0.1) is 0 Å². The molecular formula is C14H24O5. The SMILES string of the molecule is COC(=O)CCC1(CC(=O)OC)CCCC(C)(C)O1. The zero-order valence-electron chi connectivity index (χ0n) is 12.3. The zero-order chi connectivity index (χ0) is 14.5. The van der Waals surface area contributed by atoms with Crippen LogP contribution in [0.1, 0.15) is 52.4 Å². The van der Waals surface area contributed by atoms with Crippen LogP contribution in [0.15, 0.2) is 0 Å². The highest BCUT2D eigenvalue weighted by Crippen LogP contribution is 2.40. The van der Waals surface area contributed by atoms with E-state index in [-0.39, 0.29) is 30.4 Å². The van der Waals surface area contributed by atoms with Crippen LogP contribution in [0.5, 0.6) is 0 Å². The first-order chi connectivity index (χ1) is 8.82. The van der Waals surface area contributed by atoms with Crippen molar-refractivity contribution in [1.29, 1.82) is 0 Å². The predicted molar refractivity (Wildman–Crippen MR) is 69.6 cm³/mol. The van der Waals surface area contributed by atoms with Crippen molar-refractivity contribution in [2.24, 2.45) is 0 Å². The Morgan fingerprint density at radius 1 is 1.11 bits per heavy atom. The predicted octanol–water partition coefficient (Wildman–Crippen LogP) is 2.22. The van der Waals surface area contributed by atoms with Crippen LogP contribution in [-0.2, 0) is 23.8 Å². The topological polar surface area (TPSA) is 61.8 Å². The number of carbonyl (C=O) groups is 2. The molecule has 5 heteroatoms. The first-order valence-corrected chi connectivity index (χ1v) is 6.66. The summed E-state index contributed by atoms with van der Waals surface area (Å²) < 4.78 is 15.5. The maximum atomic E-state index is 11.6. The van der Waals surface area contributed by atoms with Crippen molar-refractivity contribution in [2.45, 2.75) is 63.6 Å². The van der Waals surface area contributed by atoms with Gasteiger partial charge in [-0.2, -0.15) is 0 Å². The van der Waals surface area contributed by atoms with Gasteiger partial charge in [-0.1, -0.05) is 0 Å². The lowest BCUT2D eigenvalue weighted by molar-refractivity contribution is -0.192. The number of rotatable bonds is 5. The Labute approximate surface area is 114 Å². The molecule has 0 radical (unpaired) electrons. The second kappa shape index (κ2) is 6.37. The zero-order valence-corrected chi connectivity index (χ0v) is 12.3. The van der Waals surface area contributed by atoms with Crippen LogP contribution >= 0.6 is 0 Å². The molecular weight excluding hydrogens is 248 g/mol. The maximum Gasteiger partial charge on any atom is 0.308 e. The standard InChI is InChI=1S/C14H24O5/c1-13(2)7-5-8-14(19-13,10-12(16)18-4)9-6-11(15)17-3/h5-10H2,1-4H3. The lowest BCUT2D eigenvalue weighted by atomic mass is 9.81. The average Bonchev–Trinajstić information content (AvgIpc) is 2.34. The molecule has 1 unspecified atom stereocenters. The van der Waals surface area contributed by atoms with Gasteiger partial charge in [0.25, 0.3) is 0 Å². The van der Waals surface area contributed by atoms with Gasteiger partial charge in [0.15, 0.2) is 0 Å². The van der Waals surface area contributed by atoms with E-state index >= 15 is 0 Å². The van der Waals surface area contributed by atoms with Crippen molar-refractivity contribution in [1.82, 2.24) is 0 Å². The van der Waals surface area contributed by atoms with Crippen molar-refractivity contribution >= 4 is 11.9 Å². The average molecular weight is 272 g/mol. The summed E-state index contributed by atoms with van der Waals surface area (Å²) >= 11 is 0. The fourth-order valence-corrected chi connectivity index (χ4v) is 2.68. The number of hydrogen-bond acceptors (Lipinski definition) is 5. The van der Waals surface area contributed by atoms with E-state index < -0.39 is 5.60 Å². The Hall–Kier alpha value is -1.10. The molecule has 1 aliphatic rings. The van der Waals surface area contributed by atoms with E-state index in [0.717, 1.165) is 19.3 Å². The molecule has 1 rings (SSSR count). The fourth-order valence-electron chi connectivity index (χ4n) is 2.68. The fraction of sp³-hybridized carbons (Fsp3) is 0.857. The van der Waals surface area contributed by atoms with Crippen LogP contribution in [0.25, 0.3) is 0 Å². The minimum absolute atomic E-state index is 0.184. The van der Waals surface area contributed by atoms with Crippen molar-refractivity contribution in [2.75, 3.05) is 14.2 Å². The van der Waals surface area contributed by atoms with Gasteiger partial charge < -0.3 is 14.2 Å². The summed E-state index contributed by atoms with van der Waals surface area (Å²) in [5, 5.41) is 0. The van der Waals surface area contributed by atoms with Gasteiger partial charge >= 0.3 is 11.9 Å². The summed E-state index contributed by atoms with van der Waals surface area (Å²) in [4.78, 5) is 22.9. The van der Waals surface area contributed by atoms with Gasteiger partial charge in [-0.25, -0.2) is 0 Å². The van der Waals surface area contributed by atoms with Crippen molar-refractivity contribution in [3.05, 3.63) is 0 Å². The van der Waals surface area contributed by atoms with E-state index in [2.05, 4.69) is 4.74 Å². The highest BCUT2D eigenvalue weighted by Gasteiger charge is 2.42. The third-order valence-corrected chi connectivity index (χ3v) is 3.61. The molecule has 110 valence electrons. The van der Waals surface area contributed by atoms with Crippen LogP contribution in [0, 0.1) is 0 Å². The summed E-state index contributed by atoms with van der Waals surface area (Å²) in [6, 6.07) is 0. The molecule has 0 spiro atoms. The lowest BCUT2D eigenvalue weighted by Gasteiger charge is -2.45. The van der Waals surface area contributed by atoms with E-state index in [1.807, 2.05) is 13.8 Å². The largest absolute Gasteiger partial charge is 0.469 e. The third-order valence-electron chi connectivity index (χ3n) is 3.61. The van der Waals surface area contributed by atoms with Crippen LogP contribution in [0.3, 0.4) is 0 Å². The van der Waals surface area contributed by atoms with Crippen LogP contribution in [0.2, 0.25) is 0 Å². The summed E-state index contributed by atoms with van der Waals surface area (Å²) in [5.74, 6) is -0.584. The van der Waals surface area contributed by atoms with Gasteiger partial charge in [0.2, 0.25) is 0 Å². The number of carbonyl (C=O) groups excluding carboxylic acids is 2. The maximum absolute atomic E-state index is 11.6. The molecule has 1 aliphatic heterocycles. The summed E-state index contributed by atoms with van der Waals surface area (Å²) in [6.07, 6.45) is 3.62. The Morgan fingerprint density at radius 3 is 2.26 bits per heavy atom. The van der Waals surface area contributed by atoms with E-state index in [9.17, 15) is 9.59 Å². The molecule has 1 saturated heterocycles. The van der Waals surface area contributed by atoms with Crippen molar-refractivity contribution < 1.29 is 23.8 Å². The van der Waals surface area contributed by atoms with E-state index in [1.165, 1.54) is 14.2 Å². The summed E-state index contributed by atoms with van der Waals surface area (Å²) in [6.45, 7) is 4.02. The molecule has 5 nitrogen and oxygen atoms in total. The van der Waals surface area contributed by atoms with E-state index in [0.29, 0.717) is 6.42 Å². The van der Waals surface area contributed by atoms with E-state index in [1.54, 1.807) is 0 Å². The van der Waals surface area contributed by atoms with Crippen molar-refractivity contribution in [3.63, 3.8) is 0 Å². The van der Waals surface area contributed by atoms with Gasteiger partial charge in [-0.05, 0) is 39.5 Å².